The summed E-state index contributed by atoms with van der Waals surface area (Å²) in [7, 11) is 0. The first-order valence-corrected chi connectivity index (χ1v) is 5.62. The van der Waals surface area contributed by atoms with Gasteiger partial charge in [-0.2, -0.15) is 0 Å². The Hall–Kier alpha value is -0.150. The fraction of sp³-hybridized carbons (Fsp3) is 0.900. The highest BCUT2D eigenvalue weighted by molar-refractivity contribution is 7.80. The lowest BCUT2D eigenvalue weighted by atomic mass is 9.95. The van der Waals surface area contributed by atoms with Gasteiger partial charge in [-0.3, -0.25) is 0 Å². The molecule has 1 aliphatic heterocycles. The molecule has 2 fully saturated rings. The molecule has 3 heteroatoms. The molecule has 0 aromatic heterocycles. The minimum atomic E-state index is 0.662. The van der Waals surface area contributed by atoms with Gasteiger partial charge in [0.2, 0.25) is 0 Å². The summed E-state index contributed by atoms with van der Waals surface area (Å²) < 4.78 is 0. The van der Waals surface area contributed by atoms with Crippen molar-refractivity contribution in [3.63, 3.8) is 0 Å². The summed E-state index contributed by atoms with van der Waals surface area (Å²) in [6.45, 7) is 3.64. The number of hydrogen-bond donors (Lipinski definition) is 1. The molecule has 13 heavy (non-hydrogen) atoms. The molecule has 0 unspecified atom stereocenters. The van der Waals surface area contributed by atoms with E-state index in [-0.39, 0.29) is 0 Å². The molecule has 1 spiro atoms. The number of rotatable bonds is 3. The average molecular weight is 198 g/mol. The van der Waals surface area contributed by atoms with E-state index in [1.54, 1.807) is 0 Å². The molecule has 0 aromatic rings. The molecular weight excluding hydrogens is 180 g/mol. The summed E-state index contributed by atoms with van der Waals surface area (Å²) in [4.78, 5) is 3.20. The number of likely N-dealkylation sites (tertiary alicyclic amines) is 1. The molecule has 2 nitrogen and oxygen atoms in total. The predicted octanol–water partition coefficient (Wildman–Crippen LogP) is 1.54. The quantitative estimate of drug-likeness (QED) is 0.698. The Morgan fingerprint density at radius 2 is 2.15 bits per heavy atom. The van der Waals surface area contributed by atoms with Crippen molar-refractivity contribution in [3.05, 3.63) is 0 Å². The van der Waals surface area contributed by atoms with Gasteiger partial charge in [-0.1, -0.05) is 12.2 Å². The van der Waals surface area contributed by atoms with E-state index in [4.69, 9.17) is 18.0 Å². The van der Waals surface area contributed by atoms with Crippen molar-refractivity contribution in [3.8, 4) is 0 Å². The molecule has 1 heterocycles. The third-order valence-corrected chi connectivity index (χ3v) is 3.58. The summed E-state index contributed by atoms with van der Waals surface area (Å²) in [6.07, 6.45) is 6.63. The van der Waals surface area contributed by atoms with Crippen molar-refractivity contribution in [1.82, 2.24) is 4.90 Å². The monoisotopic (exact) mass is 198 g/mol. The van der Waals surface area contributed by atoms with Crippen molar-refractivity contribution in [2.24, 2.45) is 11.1 Å². The maximum absolute atomic E-state index is 5.50. The number of nitrogens with two attached hydrogens (primary N) is 1. The van der Waals surface area contributed by atoms with Crippen LogP contribution in [0.25, 0.3) is 0 Å². The minimum absolute atomic E-state index is 0.662. The maximum atomic E-state index is 5.50. The van der Waals surface area contributed by atoms with Gasteiger partial charge in [-0.05, 0) is 37.6 Å². The van der Waals surface area contributed by atoms with Crippen LogP contribution in [0.3, 0.4) is 0 Å². The number of thiocarbonyl (C=S) groups is 1. The Kier molecular flexibility index (Phi) is 2.56. The van der Waals surface area contributed by atoms with Crippen LogP contribution in [-0.2, 0) is 0 Å². The highest BCUT2D eigenvalue weighted by Crippen LogP contribution is 2.51. The first kappa shape index (κ1) is 9.41. The summed E-state index contributed by atoms with van der Waals surface area (Å²) in [6, 6.07) is 0. The van der Waals surface area contributed by atoms with E-state index in [1.165, 1.54) is 38.8 Å². The first-order valence-electron chi connectivity index (χ1n) is 5.21. The minimum Gasteiger partial charge on any atom is -0.393 e. The largest absolute Gasteiger partial charge is 0.393 e. The van der Waals surface area contributed by atoms with Gasteiger partial charge in [-0.25, -0.2) is 0 Å². The van der Waals surface area contributed by atoms with E-state index < -0.39 is 0 Å². The van der Waals surface area contributed by atoms with Gasteiger partial charge in [0.25, 0.3) is 0 Å². The maximum Gasteiger partial charge on any atom is 0.0740 e. The van der Waals surface area contributed by atoms with E-state index in [0.29, 0.717) is 4.99 Å². The van der Waals surface area contributed by atoms with Crippen LogP contribution in [0.1, 0.15) is 32.1 Å². The van der Waals surface area contributed by atoms with Crippen molar-refractivity contribution in [2.75, 3.05) is 19.6 Å². The predicted molar refractivity (Wildman–Crippen MR) is 58.7 cm³/mol. The number of hydrogen-bond acceptors (Lipinski definition) is 2. The van der Waals surface area contributed by atoms with Crippen LogP contribution >= 0.6 is 12.2 Å². The zero-order chi connectivity index (χ0) is 9.31. The number of nitrogens with zero attached hydrogens (tertiary/aromatic N) is 1. The molecule has 0 aromatic carbocycles. The first-order chi connectivity index (χ1) is 6.20. The Morgan fingerprint density at radius 1 is 1.38 bits per heavy atom. The smallest absolute Gasteiger partial charge is 0.0740 e. The molecule has 0 radical (unpaired) electrons. The summed E-state index contributed by atoms with van der Waals surface area (Å²) >= 11 is 4.89. The molecule has 1 aliphatic carbocycles. The van der Waals surface area contributed by atoms with Crippen LogP contribution in [0.2, 0.25) is 0 Å². The lowest BCUT2D eigenvalue weighted by molar-refractivity contribution is 0.165. The zero-order valence-electron chi connectivity index (χ0n) is 8.09. The third-order valence-electron chi connectivity index (χ3n) is 3.37. The zero-order valence-corrected chi connectivity index (χ0v) is 8.91. The van der Waals surface area contributed by atoms with E-state index in [0.717, 1.165) is 18.4 Å². The molecule has 0 bridgehead atoms. The Labute approximate surface area is 85.5 Å². The molecule has 74 valence electrons. The molecular formula is C10H18N2S. The van der Waals surface area contributed by atoms with Crippen LogP contribution in [0.15, 0.2) is 0 Å². The Morgan fingerprint density at radius 3 is 2.77 bits per heavy atom. The van der Waals surface area contributed by atoms with E-state index in [2.05, 4.69) is 4.90 Å². The fourth-order valence-electron chi connectivity index (χ4n) is 2.35. The normalized spacial score (nSPS) is 26.2. The lowest BCUT2D eigenvalue weighted by Crippen LogP contribution is -2.38. The van der Waals surface area contributed by atoms with E-state index in [9.17, 15) is 0 Å². The lowest BCUT2D eigenvalue weighted by Gasteiger charge is -2.32. The molecule has 1 saturated heterocycles. The van der Waals surface area contributed by atoms with Crippen molar-refractivity contribution in [2.45, 2.75) is 32.1 Å². The average Bonchev–Trinajstić information content (AvgIpc) is 2.82. The third kappa shape index (κ3) is 2.41. The second-order valence-electron chi connectivity index (χ2n) is 4.60. The van der Waals surface area contributed by atoms with Crippen LogP contribution in [0.5, 0.6) is 0 Å². The molecule has 0 amide bonds. The highest BCUT2D eigenvalue weighted by Gasteiger charge is 2.44. The summed E-state index contributed by atoms with van der Waals surface area (Å²) in [5, 5.41) is 0. The second-order valence-corrected chi connectivity index (χ2v) is 5.12. The Bertz CT molecular complexity index is 211. The second kappa shape index (κ2) is 3.54. The van der Waals surface area contributed by atoms with Crippen LogP contribution in [0.4, 0.5) is 0 Å². The molecule has 2 N–H and O–H groups in total. The van der Waals surface area contributed by atoms with Crippen LogP contribution < -0.4 is 5.73 Å². The summed E-state index contributed by atoms with van der Waals surface area (Å²) in [5.74, 6) is 0. The standard InChI is InChI=1S/C10H18N2S/c11-9(13)2-7-12-6-1-3-10(8-12)4-5-10/h1-8H2,(H2,11,13). The SMILES string of the molecule is NC(=S)CCN1CCCC2(CC2)C1. The van der Waals surface area contributed by atoms with Crippen molar-refractivity contribution >= 4 is 17.2 Å². The topological polar surface area (TPSA) is 29.3 Å². The van der Waals surface area contributed by atoms with Gasteiger partial charge in [-0.15, -0.1) is 0 Å². The molecule has 0 atom stereocenters. The van der Waals surface area contributed by atoms with E-state index >= 15 is 0 Å². The Balaban J connectivity index is 1.76. The van der Waals surface area contributed by atoms with Crippen LogP contribution in [-0.4, -0.2) is 29.5 Å². The van der Waals surface area contributed by atoms with Gasteiger partial charge in [0.15, 0.2) is 0 Å². The van der Waals surface area contributed by atoms with Gasteiger partial charge in [0.1, 0.15) is 0 Å². The fourth-order valence-corrected chi connectivity index (χ4v) is 2.45. The van der Waals surface area contributed by atoms with E-state index in [1.807, 2.05) is 0 Å². The highest BCUT2D eigenvalue weighted by atomic mass is 32.1. The molecule has 1 saturated carbocycles. The van der Waals surface area contributed by atoms with Gasteiger partial charge in [0, 0.05) is 19.5 Å². The molecule has 2 aliphatic rings. The van der Waals surface area contributed by atoms with Gasteiger partial charge >= 0.3 is 0 Å². The van der Waals surface area contributed by atoms with Crippen molar-refractivity contribution < 1.29 is 0 Å². The molecule has 2 rings (SSSR count). The van der Waals surface area contributed by atoms with Gasteiger partial charge in [0.05, 0.1) is 4.99 Å². The van der Waals surface area contributed by atoms with Gasteiger partial charge < -0.3 is 10.6 Å². The van der Waals surface area contributed by atoms with Crippen LogP contribution in [0, 0.1) is 5.41 Å². The summed E-state index contributed by atoms with van der Waals surface area (Å²) in [5.41, 5.74) is 6.23. The number of piperidine rings is 1. The van der Waals surface area contributed by atoms with Crippen molar-refractivity contribution in [1.29, 1.82) is 0 Å².